The Morgan fingerprint density at radius 3 is 2.22 bits per heavy atom. The van der Waals surface area contributed by atoms with Crippen LogP contribution >= 0.6 is 0 Å². The van der Waals surface area contributed by atoms with Crippen LogP contribution in [0.1, 0.15) is 69.7 Å². The van der Waals surface area contributed by atoms with Crippen molar-refractivity contribution in [2.45, 2.75) is 71.5 Å². The molecule has 23 heavy (non-hydrogen) atoms. The van der Waals surface area contributed by atoms with Crippen LogP contribution in [0.15, 0.2) is 24.3 Å². The molecule has 0 fully saturated rings. The second kappa shape index (κ2) is 11.1. The number of hydrogen-bond donors (Lipinski definition) is 1. The highest BCUT2D eigenvalue weighted by atomic mass is 16.5. The van der Waals surface area contributed by atoms with E-state index < -0.39 is 5.97 Å². The third-order valence-corrected chi connectivity index (χ3v) is 3.96. The van der Waals surface area contributed by atoms with Crippen LogP contribution in [0.25, 0.3) is 0 Å². The Morgan fingerprint density at radius 2 is 1.61 bits per heavy atom. The summed E-state index contributed by atoms with van der Waals surface area (Å²) in [5.41, 5.74) is 0.261. The zero-order valence-corrected chi connectivity index (χ0v) is 14.6. The van der Waals surface area contributed by atoms with E-state index in [9.17, 15) is 4.79 Å². The van der Waals surface area contributed by atoms with E-state index in [1.165, 1.54) is 32.1 Å². The van der Waals surface area contributed by atoms with Gasteiger partial charge in [0.25, 0.3) is 0 Å². The van der Waals surface area contributed by atoms with Crippen molar-refractivity contribution < 1.29 is 19.4 Å². The van der Waals surface area contributed by atoms with Gasteiger partial charge in [-0.05, 0) is 44.5 Å². The average Bonchev–Trinajstić information content (AvgIpc) is 2.54. The number of aromatic carboxylic acids is 1. The molecule has 2 atom stereocenters. The lowest BCUT2D eigenvalue weighted by molar-refractivity contribution is -0.00861. The third kappa shape index (κ3) is 8.03. The smallest absolute Gasteiger partial charge is 0.335 e. The zero-order chi connectivity index (χ0) is 17.1. The highest BCUT2D eigenvalue weighted by Gasteiger charge is 2.14. The van der Waals surface area contributed by atoms with E-state index in [0.29, 0.717) is 5.75 Å². The van der Waals surface area contributed by atoms with Crippen molar-refractivity contribution in [1.29, 1.82) is 0 Å². The topological polar surface area (TPSA) is 55.8 Å². The highest BCUT2D eigenvalue weighted by molar-refractivity contribution is 5.87. The number of hydrogen-bond acceptors (Lipinski definition) is 3. The maximum Gasteiger partial charge on any atom is 0.335 e. The minimum atomic E-state index is -0.930. The minimum absolute atomic E-state index is 0.00444. The van der Waals surface area contributed by atoms with Crippen molar-refractivity contribution in [2.75, 3.05) is 6.61 Å². The summed E-state index contributed by atoms with van der Waals surface area (Å²) in [5, 5.41) is 8.87. The second-order valence-corrected chi connectivity index (χ2v) is 6.00. The monoisotopic (exact) mass is 322 g/mol. The van der Waals surface area contributed by atoms with E-state index in [0.717, 1.165) is 13.0 Å². The predicted molar refractivity (Wildman–Crippen MR) is 92.3 cm³/mol. The summed E-state index contributed by atoms with van der Waals surface area (Å²) in [7, 11) is 0. The van der Waals surface area contributed by atoms with Gasteiger partial charge in [0.1, 0.15) is 11.9 Å². The van der Waals surface area contributed by atoms with Gasteiger partial charge >= 0.3 is 5.97 Å². The number of benzene rings is 1. The minimum Gasteiger partial charge on any atom is -0.488 e. The standard InChI is InChI=1S/C19H30O4/c1-4-5-6-7-8-9-14-22-15(2)16(3)23-18-12-10-17(11-13-18)19(20)21/h10-13,15-16H,4-9,14H2,1-3H3,(H,20,21)/t15-,16+/m1/s1. The Balaban J connectivity index is 2.22. The molecule has 1 aromatic rings. The Bertz CT molecular complexity index is 441. The SMILES string of the molecule is CCCCCCCCO[C@H](C)[C@H](C)Oc1ccc(C(=O)O)cc1. The van der Waals surface area contributed by atoms with Gasteiger partial charge in [0, 0.05) is 6.61 Å². The lowest BCUT2D eigenvalue weighted by Crippen LogP contribution is -2.29. The molecule has 0 heterocycles. The molecule has 4 heteroatoms. The first-order valence-corrected chi connectivity index (χ1v) is 8.66. The first kappa shape index (κ1) is 19.5. The molecule has 0 aliphatic rings. The van der Waals surface area contributed by atoms with Crippen LogP contribution in [0.5, 0.6) is 5.75 Å². The number of carboxylic acid groups (broad SMARTS) is 1. The van der Waals surface area contributed by atoms with Gasteiger partial charge in [-0.2, -0.15) is 0 Å². The first-order chi connectivity index (χ1) is 11.0. The fraction of sp³-hybridized carbons (Fsp3) is 0.632. The van der Waals surface area contributed by atoms with Crippen LogP contribution in [0.2, 0.25) is 0 Å². The van der Waals surface area contributed by atoms with Gasteiger partial charge in [-0.3, -0.25) is 0 Å². The molecule has 1 N–H and O–H groups in total. The average molecular weight is 322 g/mol. The molecule has 0 radical (unpaired) electrons. The number of carboxylic acids is 1. The molecule has 1 aromatic carbocycles. The summed E-state index contributed by atoms with van der Waals surface area (Å²) in [4.78, 5) is 10.8. The second-order valence-electron chi connectivity index (χ2n) is 6.00. The lowest BCUT2D eigenvalue weighted by Gasteiger charge is -2.22. The first-order valence-electron chi connectivity index (χ1n) is 8.66. The van der Waals surface area contributed by atoms with Gasteiger partial charge in [-0.15, -0.1) is 0 Å². The maximum absolute atomic E-state index is 10.8. The Labute approximate surface area is 139 Å². The molecule has 0 amide bonds. The Hall–Kier alpha value is -1.55. The molecule has 0 unspecified atom stereocenters. The van der Waals surface area contributed by atoms with Crippen molar-refractivity contribution in [3.05, 3.63) is 29.8 Å². The van der Waals surface area contributed by atoms with Crippen molar-refractivity contribution in [1.82, 2.24) is 0 Å². The van der Waals surface area contributed by atoms with Crippen LogP contribution in [0.4, 0.5) is 0 Å². The molecular weight excluding hydrogens is 292 g/mol. The number of rotatable bonds is 12. The fourth-order valence-corrected chi connectivity index (χ4v) is 2.27. The number of ether oxygens (including phenoxy) is 2. The van der Waals surface area contributed by atoms with Gasteiger partial charge in [0.05, 0.1) is 11.7 Å². The normalized spacial score (nSPS) is 13.5. The third-order valence-electron chi connectivity index (χ3n) is 3.96. The number of carbonyl (C=O) groups is 1. The lowest BCUT2D eigenvalue weighted by atomic mass is 10.1. The Kier molecular flexibility index (Phi) is 9.37. The molecule has 4 nitrogen and oxygen atoms in total. The van der Waals surface area contributed by atoms with Crippen LogP contribution in [-0.2, 0) is 4.74 Å². The molecule has 0 aliphatic carbocycles. The van der Waals surface area contributed by atoms with E-state index in [4.69, 9.17) is 14.6 Å². The van der Waals surface area contributed by atoms with Crippen molar-refractivity contribution in [2.24, 2.45) is 0 Å². The van der Waals surface area contributed by atoms with Gasteiger partial charge in [-0.25, -0.2) is 4.79 Å². The Morgan fingerprint density at radius 1 is 1.00 bits per heavy atom. The summed E-state index contributed by atoms with van der Waals surface area (Å²) in [6.45, 7) is 6.96. The molecule has 0 aromatic heterocycles. The fourth-order valence-electron chi connectivity index (χ4n) is 2.27. The molecule has 1 rings (SSSR count). The van der Waals surface area contributed by atoms with Gasteiger partial charge < -0.3 is 14.6 Å². The van der Waals surface area contributed by atoms with E-state index >= 15 is 0 Å². The van der Waals surface area contributed by atoms with Crippen LogP contribution < -0.4 is 4.74 Å². The van der Waals surface area contributed by atoms with Crippen molar-refractivity contribution >= 4 is 5.97 Å². The predicted octanol–water partition coefficient (Wildman–Crippen LogP) is 4.92. The highest BCUT2D eigenvalue weighted by Crippen LogP contribution is 2.16. The molecular formula is C19H30O4. The van der Waals surface area contributed by atoms with Crippen molar-refractivity contribution in [3.63, 3.8) is 0 Å². The van der Waals surface area contributed by atoms with E-state index in [1.54, 1.807) is 24.3 Å². The summed E-state index contributed by atoms with van der Waals surface area (Å²) >= 11 is 0. The number of unbranched alkanes of at least 4 members (excludes halogenated alkanes) is 5. The summed E-state index contributed by atoms with van der Waals surface area (Å²) in [6.07, 6.45) is 7.44. The largest absolute Gasteiger partial charge is 0.488 e. The van der Waals surface area contributed by atoms with Gasteiger partial charge in [-0.1, -0.05) is 39.0 Å². The van der Waals surface area contributed by atoms with E-state index in [1.807, 2.05) is 13.8 Å². The van der Waals surface area contributed by atoms with Crippen LogP contribution in [-0.4, -0.2) is 29.9 Å². The molecule has 0 bridgehead atoms. The molecule has 0 saturated heterocycles. The molecule has 0 saturated carbocycles. The van der Waals surface area contributed by atoms with E-state index in [-0.39, 0.29) is 17.8 Å². The molecule has 130 valence electrons. The van der Waals surface area contributed by atoms with Gasteiger partial charge in [0.2, 0.25) is 0 Å². The van der Waals surface area contributed by atoms with Gasteiger partial charge in [0.15, 0.2) is 0 Å². The van der Waals surface area contributed by atoms with Crippen LogP contribution in [0.3, 0.4) is 0 Å². The van der Waals surface area contributed by atoms with Crippen molar-refractivity contribution in [3.8, 4) is 5.75 Å². The summed E-state index contributed by atoms with van der Waals surface area (Å²) in [6, 6.07) is 6.46. The zero-order valence-electron chi connectivity index (χ0n) is 14.6. The quantitative estimate of drug-likeness (QED) is 0.555. The molecule has 0 aliphatic heterocycles. The van der Waals surface area contributed by atoms with Crippen LogP contribution in [0, 0.1) is 0 Å². The molecule has 0 spiro atoms. The summed E-state index contributed by atoms with van der Waals surface area (Å²) in [5.74, 6) is -0.266. The maximum atomic E-state index is 10.8. The summed E-state index contributed by atoms with van der Waals surface area (Å²) < 4.78 is 11.6. The van der Waals surface area contributed by atoms with E-state index in [2.05, 4.69) is 6.92 Å².